The molecule has 13 heteroatoms. The summed E-state index contributed by atoms with van der Waals surface area (Å²) in [6.45, 7) is 0. The molecule has 0 atom stereocenters. The fourth-order valence-corrected chi connectivity index (χ4v) is 3.70. The molecule has 0 fully saturated rings. The summed E-state index contributed by atoms with van der Waals surface area (Å²) in [4.78, 5) is 10.7. The van der Waals surface area contributed by atoms with Crippen LogP contribution in [0.25, 0.3) is 16.2 Å². The average molecular weight is 497 g/mol. The van der Waals surface area contributed by atoms with Crippen LogP contribution in [0.15, 0.2) is 53.3 Å². The lowest BCUT2D eigenvalue weighted by atomic mass is 10.0. The molecule has 0 saturated carbocycles. The molecule has 0 saturated heterocycles. The lowest BCUT2D eigenvalue weighted by molar-refractivity contribution is -0.143. The highest BCUT2D eigenvalue weighted by Gasteiger charge is 2.39. The highest BCUT2D eigenvalue weighted by Crippen LogP contribution is 2.37. The zero-order valence-electron chi connectivity index (χ0n) is 15.6. The summed E-state index contributed by atoms with van der Waals surface area (Å²) in [5, 5.41) is 3.64. The van der Waals surface area contributed by atoms with Crippen LogP contribution in [0, 0.1) is 0 Å². The van der Waals surface area contributed by atoms with Crippen LogP contribution >= 0.6 is 11.3 Å². The number of benzene rings is 2. The molecule has 1 aromatic heterocycles. The van der Waals surface area contributed by atoms with Crippen LogP contribution in [-0.2, 0) is 22.5 Å². The molecule has 5 nitrogen and oxygen atoms in total. The van der Waals surface area contributed by atoms with E-state index >= 15 is 0 Å². The van der Waals surface area contributed by atoms with Gasteiger partial charge in [0.25, 0.3) is 10.1 Å². The molecule has 0 aliphatic heterocycles. The van der Waals surface area contributed by atoms with Gasteiger partial charge in [-0.25, -0.2) is 0 Å². The standard InChI is InChI=1S/C10H8O3S2.C9H5F6NO/c11-15(12,13)6-5-8-7-14-10-4-2-1-3-9(8)10;10-8(11,12)4-1-2-5(7(16)17)6(3-4)9(13,14)15/h1-7H,(H,11,12,13);1-3H,(H2,16,17)/b6-5+;. The number of carbonyl (C=O) groups excluding carboxylic acids is 1. The third-order valence-electron chi connectivity index (χ3n) is 3.85. The van der Waals surface area contributed by atoms with Crippen molar-refractivity contribution in [1.82, 2.24) is 0 Å². The Labute approximate surface area is 181 Å². The quantitative estimate of drug-likeness (QED) is 0.365. The molecule has 0 aliphatic carbocycles. The van der Waals surface area contributed by atoms with Crippen LogP contribution in [0.1, 0.15) is 27.0 Å². The number of hydrogen-bond acceptors (Lipinski definition) is 4. The Hall–Kier alpha value is -2.90. The number of rotatable bonds is 3. The summed E-state index contributed by atoms with van der Waals surface area (Å²) in [7, 11) is -4.04. The fraction of sp³-hybridized carbons (Fsp3) is 0.105. The maximum absolute atomic E-state index is 12.4. The van der Waals surface area contributed by atoms with Crippen LogP contribution < -0.4 is 5.73 Å². The Balaban J connectivity index is 0.000000228. The average Bonchev–Trinajstić information content (AvgIpc) is 3.07. The molecule has 0 spiro atoms. The first-order valence-electron chi connectivity index (χ1n) is 8.29. The van der Waals surface area contributed by atoms with Gasteiger partial charge in [0.05, 0.1) is 22.1 Å². The molecule has 2 aromatic carbocycles. The van der Waals surface area contributed by atoms with Gasteiger partial charge in [0, 0.05) is 4.70 Å². The van der Waals surface area contributed by atoms with Gasteiger partial charge in [-0.15, -0.1) is 11.3 Å². The number of alkyl halides is 6. The second-order valence-electron chi connectivity index (χ2n) is 6.13. The molecular weight excluding hydrogens is 484 g/mol. The molecule has 172 valence electrons. The Morgan fingerprint density at radius 2 is 1.62 bits per heavy atom. The first-order chi connectivity index (χ1) is 14.6. The van der Waals surface area contributed by atoms with Crippen molar-refractivity contribution in [2.45, 2.75) is 12.4 Å². The number of thiophene rings is 1. The minimum absolute atomic E-state index is 0.139. The molecule has 0 radical (unpaired) electrons. The number of nitrogens with two attached hydrogens (primary N) is 1. The summed E-state index contributed by atoms with van der Waals surface area (Å²) >= 11 is 1.54. The molecule has 3 N–H and O–H groups in total. The highest BCUT2D eigenvalue weighted by atomic mass is 32.2. The summed E-state index contributed by atoms with van der Waals surface area (Å²) in [6, 6.07) is 8.33. The minimum Gasteiger partial charge on any atom is -0.366 e. The lowest BCUT2D eigenvalue weighted by Crippen LogP contribution is -2.20. The number of primary amides is 1. The van der Waals surface area contributed by atoms with Crippen molar-refractivity contribution >= 4 is 43.5 Å². The van der Waals surface area contributed by atoms with Crippen LogP contribution in [-0.4, -0.2) is 18.9 Å². The lowest BCUT2D eigenvalue weighted by Gasteiger charge is -2.14. The van der Waals surface area contributed by atoms with Crippen LogP contribution in [0.2, 0.25) is 0 Å². The third-order valence-corrected chi connectivity index (χ3v) is 5.31. The van der Waals surface area contributed by atoms with Gasteiger partial charge in [-0.2, -0.15) is 34.8 Å². The maximum atomic E-state index is 12.4. The van der Waals surface area contributed by atoms with Crippen molar-refractivity contribution in [3.63, 3.8) is 0 Å². The molecule has 1 amide bonds. The molecule has 3 rings (SSSR count). The normalized spacial score (nSPS) is 12.6. The van der Waals surface area contributed by atoms with E-state index in [1.807, 2.05) is 29.6 Å². The van der Waals surface area contributed by atoms with E-state index in [2.05, 4.69) is 5.73 Å². The summed E-state index contributed by atoms with van der Waals surface area (Å²) in [5.74, 6) is -1.44. The molecular formula is C19H13F6NO4S2. The summed E-state index contributed by atoms with van der Waals surface area (Å²) in [6.07, 6.45) is -8.60. The topological polar surface area (TPSA) is 97.5 Å². The zero-order valence-corrected chi connectivity index (χ0v) is 17.2. The van der Waals surface area contributed by atoms with Crippen molar-refractivity contribution in [3.05, 3.63) is 75.5 Å². The smallest absolute Gasteiger partial charge is 0.366 e. The van der Waals surface area contributed by atoms with Gasteiger partial charge in [-0.05, 0) is 46.7 Å². The van der Waals surface area contributed by atoms with E-state index in [9.17, 15) is 39.6 Å². The van der Waals surface area contributed by atoms with Crippen LogP contribution in [0.5, 0.6) is 0 Å². The fourth-order valence-electron chi connectivity index (χ4n) is 2.46. The van der Waals surface area contributed by atoms with E-state index in [4.69, 9.17) is 4.55 Å². The van der Waals surface area contributed by atoms with E-state index in [-0.39, 0.29) is 6.07 Å². The summed E-state index contributed by atoms with van der Waals surface area (Å²) < 4.78 is 105. The first kappa shape index (κ1) is 25.4. The molecule has 1 heterocycles. The van der Waals surface area contributed by atoms with Crippen molar-refractivity contribution in [2.24, 2.45) is 5.73 Å². The maximum Gasteiger partial charge on any atom is 0.417 e. The van der Waals surface area contributed by atoms with E-state index in [1.165, 1.54) is 17.4 Å². The molecule has 0 unspecified atom stereocenters. The Kier molecular flexibility index (Phi) is 7.37. The van der Waals surface area contributed by atoms with Gasteiger partial charge in [0.1, 0.15) is 0 Å². The highest BCUT2D eigenvalue weighted by molar-refractivity contribution is 7.88. The Morgan fingerprint density at radius 3 is 2.16 bits per heavy atom. The largest absolute Gasteiger partial charge is 0.417 e. The van der Waals surface area contributed by atoms with Crippen molar-refractivity contribution in [3.8, 4) is 0 Å². The predicted molar refractivity (Wildman–Crippen MR) is 107 cm³/mol. The van der Waals surface area contributed by atoms with E-state index in [0.717, 1.165) is 21.1 Å². The van der Waals surface area contributed by atoms with Crippen LogP contribution in [0.4, 0.5) is 26.3 Å². The summed E-state index contributed by atoms with van der Waals surface area (Å²) in [5.41, 5.74) is 1.27. The van der Waals surface area contributed by atoms with Gasteiger partial charge < -0.3 is 5.73 Å². The van der Waals surface area contributed by atoms with E-state index in [1.54, 1.807) is 0 Å². The molecule has 32 heavy (non-hydrogen) atoms. The van der Waals surface area contributed by atoms with E-state index < -0.39 is 45.1 Å². The van der Waals surface area contributed by atoms with Crippen molar-refractivity contribution in [1.29, 1.82) is 0 Å². The van der Waals surface area contributed by atoms with Gasteiger partial charge in [-0.3, -0.25) is 9.35 Å². The SMILES string of the molecule is NC(=O)c1ccc(C(F)(F)F)cc1C(F)(F)F.O=S(=O)(O)/C=C/c1csc2ccccc12. The van der Waals surface area contributed by atoms with Gasteiger partial charge >= 0.3 is 12.4 Å². The Bertz CT molecular complexity index is 1260. The first-order valence-corrected chi connectivity index (χ1v) is 10.7. The predicted octanol–water partition coefficient (Wildman–Crippen LogP) is 5.58. The number of fused-ring (bicyclic) bond motifs is 1. The van der Waals surface area contributed by atoms with Gasteiger partial charge in [0.2, 0.25) is 5.91 Å². The molecule has 0 bridgehead atoms. The minimum atomic E-state index is -5.08. The van der Waals surface area contributed by atoms with Crippen molar-refractivity contribution < 1.29 is 44.1 Å². The number of hydrogen-bond donors (Lipinski definition) is 2. The van der Waals surface area contributed by atoms with E-state index in [0.29, 0.717) is 12.1 Å². The second-order valence-corrected chi connectivity index (χ2v) is 8.34. The molecule has 3 aromatic rings. The van der Waals surface area contributed by atoms with Gasteiger partial charge in [-0.1, -0.05) is 18.2 Å². The number of halogens is 6. The number of amides is 1. The van der Waals surface area contributed by atoms with Gasteiger partial charge in [0.15, 0.2) is 0 Å². The number of carbonyl (C=O) groups is 1. The van der Waals surface area contributed by atoms with Crippen molar-refractivity contribution in [2.75, 3.05) is 0 Å². The molecule has 0 aliphatic rings. The second kappa shape index (κ2) is 9.30. The third kappa shape index (κ3) is 6.80. The van der Waals surface area contributed by atoms with Crippen LogP contribution in [0.3, 0.4) is 0 Å². The zero-order chi connectivity index (χ0) is 24.3. The monoisotopic (exact) mass is 497 g/mol. The Morgan fingerprint density at radius 1 is 1.00 bits per heavy atom.